The van der Waals surface area contributed by atoms with Crippen molar-refractivity contribution in [1.29, 1.82) is 0 Å². The van der Waals surface area contributed by atoms with Crippen molar-refractivity contribution < 1.29 is 9.09 Å². The highest BCUT2D eigenvalue weighted by Crippen LogP contribution is 2.64. The first-order valence-electron chi connectivity index (χ1n) is 7.41. The zero-order valence-electron chi connectivity index (χ0n) is 12.3. The number of benzene rings is 2. The van der Waals surface area contributed by atoms with Crippen molar-refractivity contribution >= 4 is 18.4 Å². The Hall–Kier alpha value is -1.35. The molecule has 0 saturated carbocycles. The van der Waals surface area contributed by atoms with Gasteiger partial charge >= 0.3 is 7.67 Å². The monoisotopic (exact) mass is 302 g/mol. The predicted octanol–water partition coefficient (Wildman–Crippen LogP) is 3.73. The Bertz CT molecular complexity index is 723. The fraction of sp³-hybridized carbons (Fsp3) is 0.375. The highest BCUT2D eigenvalue weighted by Gasteiger charge is 2.57. The van der Waals surface area contributed by atoms with E-state index in [9.17, 15) is 4.57 Å². The maximum atomic E-state index is 13.4. The maximum absolute atomic E-state index is 13.4. The average Bonchev–Trinajstić information content (AvgIpc) is 3.38. The van der Waals surface area contributed by atoms with E-state index < -0.39 is 7.67 Å². The fourth-order valence-corrected chi connectivity index (χ4v) is 5.61. The topological polar surface area (TPSA) is 32.3 Å². The smallest absolute Gasteiger partial charge is 0.396 e. The van der Waals surface area contributed by atoms with Gasteiger partial charge in [0.25, 0.3) is 0 Å². The highest BCUT2D eigenvalue weighted by atomic mass is 31.2. The summed E-state index contributed by atoms with van der Waals surface area (Å²) in [5.74, 6) is 0.717. The van der Waals surface area contributed by atoms with Gasteiger partial charge in [-0.05, 0) is 25.3 Å². The molecule has 4 unspecified atom stereocenters. The quantitative estimate of drug-likeness (QED) is 0.636. The zero-order valence-corrected chi connectivity index (χ0v) is 13.2. The lowest BCUT2D eigenvalue weighted by atomic mass is 10.1. The molecule has 2 fully saturated rings. The number of hydrogen-bond donors (Lipinski definition) is 0. The molecular weight excluding hydrogens is 283 g/mol. The molecular formula is C16H19N2O2P. The van der Waals surface area contributed by atoms with Gasteiger partial charge in [0.2, 0.25) is 0 Å². The van der Waals surface area contributed by atoms with E-state index in [0.29, 0.717) is 12.1 Å². The molecule has 4 atom stereocenters. The first-order chi connectivity index (χ1) is 10.1. The van der Waals surface area contributed by atoms with Gasteiger partial charge in [-0.1, -0.05) is 36.4 Å². The molecule has 4 rings (SSSR count). The molecule has 2 aromatic carbocycles. The normalized spacial score (nSPS) is 33.4. The molecule has 2 aromatic rings. The molecule has 0 N–H and O–H groups in total. The van der Waals surface area contributed by atoms with Crippen LogP contribution in [-0.2, 0) is 4.57 Å². The van der Waals surface area contributed by atoms with Gasteiger partial charge in [-0.3, -0.25) is 0 Å². The molecule has 110 valence electrons. The van der Waals surface area contributed by atoms with E-state index >= 15 is 0 Å². The van der Waals surface area contributed by atoms with E-state index in [1.54, 1.807) is 0 Å². The fourth-order valence-electron chi connectivity index (χ4n) is 2.81. The third-order valence-corrected chi connectivity index (χ3v) is 7.12. The molecule has 0 spiro atoms. The molecule has 0 aromatic heterocycles. The summed E-state index contributed by atoms with van der Waals surface area (Å²) in [6.45, 7) is 5.89. The molecule has 4 nitrogen and oxygen atoms in total. The summed E-state index contributed by atoms with van der Waals surface area (Å²) < 4.78 is 23.5. The number of nitrogens with zero attached hydrogens (tertiary/aromatic N) is 2. The standard InChI is InChI=1S/C16H19N2O2P/c1-12-10-17(12)21(19,18-11-13(18)2)20-16-9-5-7-14-6-3-4-8-15(14)16/h3-9,12-13H,10-11H2,1-2H3. The third-order valence-electron chi connectivity index (χ3n) is 4.27. The summed E-state index contributed by atoms with van der Waals surface area (Å²) in [6, 6.07) is 14.7. The minimum Gasteiger partial charge on any atom is -0.421 e. The summed E-state index contributed by atoms with van der Waals surface area (Å²) in [6.07, 6.45) is 0. The third kappa shape index (κ3) is 2.18. The molecule has 0 bridgehead atoms. The van der Waals surface area contributed by atoms with Gasteiger partial charge in [-0.15, -0.1) is 0 Å². The van der Waals surface area contributed by atoms with Gasteiger partial charge in [0.1, 0.15) is 5.75 Å². The van der Waals surface area contributed by atoms with Gasteiger partial charge < -0.3 is 4.52 Å². The van der Waals surface area contributed by atoms with Gasteiger partial charge in [-0.2, -0.15) is 0 Å². The summed E-state index contributed by atoms with van der Waals surface area (Å²) in [4.78, 5) is 0. The molecule has 2 heterocycles. The second kappa shape index (κ2) is 4.57. The Balaban J connectivity index is 1.74. The van der Waals surface area contributed by atoms with E-state index in [2.05, 4.69) is 13.8 Å². The summed E-state index contributed by atoms with van der Waals surface area (Å²) in [7, 11) is -2.91. The molecule has 0 radical (unpaired) electrons. The van der Waals surface area contributed by atoms with Crippen LogP contribution in [0.5, 0.6) is 5.75 Å². The van der Waals surface area contributed by atoms with Crippen LogP contribution in [-0.4, -0.2) is 34.5 Å². The molecule has 0 aliphatic carbocycles. The van der Waals surface area contributed by atoms with Gasteiger partial charge in [0.15, 0.2) is 0 Å². The van der Waals surface area contributed by atoms with Crippen molar-refractivity contribution in [1.82, 2.24) is 9.34 Å². The van der Waals surface area contributed by atoms with Crippen molar-refractivity contribution in [2.24, 2.45) is 0 Å². The van der Waals surface area contributed by atoms with E-state index in [0.717, 1.165) is 29.6 Å². The second-order valence-electron chi connectivity index (χ2n) is 6.00. The molecule has 21 heavy (non-hydrogen) atoms. The van der Waals surface area contributed by atoms with Crippen molar-refractivity contribution in [3.8, 4) is 5.75 Å². The predicted molar refractivity (Wildman–Crippen MR) is 84.5 cm³/mol. The molecule has 2 aliphatic heterocycles. The Labute approximate surface area is 124 Å². The minimum atomic E-state index is -2.91. The highest BCUT2D eigenvalue weighted by molar-refractivity contribution is 7.55. The Morgan fingerprint density at radius 3 is 2.19 bits per heavy atom. The van der Waals surface area contributed by atoms with Crippen LogP contribution in [0.4, 0.5) is 0 Å². The first kappa shape index (κ1) is 13.3. The number of fused-ring (bicyclic) bond motifs is 1. The van der Waals surface area contributed by atoms with Crippen LogP contribution in [0.15, 0.2) is 42.5 Å². The Kier molecular flexibility index (Phi) is 2.90. The number of hydrogen-bond acceptors (Lipinski definition) is 2. The summed E-state index contributed by atoms with van der Waals surface area (Å²) in [5, 5.41) is 2.13. The van der Waals surface area contributed by atoms with Crippen molar-refractivity contribution in [2.75, 3.05) is 13.1 Å². The molecule has 2 saturated heterocycles. The van der Waals surface area contributed by atoms with Crippen LogP contribution < -0.4 is 4.52 Å². The Morgan fingerprint density at radius 2 is 1.57 bits per heavy atom. The first-order valence-corrected chi connectivity index (χ1v) is 8.94. The summed E-state index contributed by atoms with van der Waals surface area (Å²) in [5.41, 5.74) is 0. The van der Waals surface area contributed by atoms with E-state index in [-0.39, 0.29) is 0 Å². The van der Waals surface area contributed by atoms with Crippen LogP contribution in [0.25, 0.3) is 10.8 Å². The SMILES string of the molecule is CC1CN1P(=O)(Oc1cccc2ccccc12)N1CC1C. The van der Waals surface area contributed by atoms with E-state index in [4.69, 9.17) is 4.52 Å². The van der Waals surface area contributed by atoms with Crippen molar-refractivity contribution in [3.63, 3.8) is 0 Å². The van der Waals surface area contributed by atoms with Crippen LogP contribution in [0.2, 0.25) is 0 Å². The lowest BCUT2D eigenvalue weighted by Crippen LogP contribution is -2.13. The van der Waals surface area contributed by atoms with Crippen LogP contribution in [0.3, 0.4) is 0 Å². The van der Waals surface area contributed by atoms with Crippen LogP contribution in [0.1, 0.15) is 13.8 Å². The van der Waals surface area contributed by atoms with Crippen LogP contribution in [0, 0.1) is 0 Å². The largest absolute Gasteiger partial charge is 0.421 e. The van der Waals surface area contributed by atoms with Crippen LogP contribution >= 0.6 is 7.67 Å². The molecule has 2 aliphatic rings. The minimum absolute atomic E-state index is 0.346. The lowest BCUT2D eigenvalue weighted by molar-refractivity contribution is 0.402. The van der Waals surface area contributed by atoms with E-state index in [1.807, 2.05) is 51.8 Å². The Morgan fingerprint density at radius 1 is 1.00 bits per heavy atom. The number of rotatable bonds is 4. The lowest BCUT2D eigenvalue weighted by Gasteiger charge is -2.22. The van der Waals surface area contributed by atoms with Crippen molar-refractivity contribution in [2.45, 2.75) is 25.9 Å². The summed E-state index contributed by atoms with van der Waals surface area (Å²) >= 11 is 0. The molecule has 5 heteroatoms. The second-order valence-corrected chi connectivity index (χ2v) is 8.19. The zero-order chi connectivity index (χ0) is 14.6. The maximum Gasteiger partial charge on any atom is 0.396 e. The van der Waals surface area contributed by atoms with E-state index in [1.165, 1.54) is 0 Å². The van der Waals surface area contributed by atoms with Crippen molar-refractivity contribution in [3.05, 3.63) is 42.5 Å². The van der Waals surface area contributed by atoms with Gasteiger partial charge in [-0.25, -0.2) is 13.9 Å². The molecule has 0 amide bonds. The average molecular weight is 302 g/mol. The van der Waals surface area contributed by atoms with Gasteiger partial charge in [0.05, 0.1) is 0 Å². The van der Waals surface area contributed by atoms with Gasteiger partial charge in [0, 0.05) is 30.6 Å².